The Kier molecular flexibility index (Phi) is 6.65. The third-order valence-corrected chi connectivity index (χ3v) is 3.12. The Morgan fingerprint density at radius 1 is 1.20 bits per heavy atom. The highest BCUT2D eigenvalue weighted by Crippen LogP contribution is 2.28. The zero-order valence-electron chi connectivity index (χ0n) is 14.1. The number of rotatable bonds is 7. The second-order valence-corrected chi connectivity index (χ2v) is 5.01. The van der Waals surface area contributed by atoms with Crippen LogP contribution < -0.4 is 20.3 Å². The molecule has 2 amide bonds. The molecule has 0 aliphatic heterocycles. The molecule has 25 heavy (non-hydrogen) atoms. The molecule has 2 N–H and O–H groups in total. The summed E-state index contributed by atoms with van der Waals surface area (Å²) in [7, 11) is 1.55. The Hall–Kier alpha value is -3.22. The molecule has 1 aromatic heterocycles. The molecule has 0 aliphatic carbocycles. The average molecular weight is 344 g/mol. The summed E-state index contributed by atoms with van der Waals surface area (Å²) in [5.74, 6) is 0.325. The zero-order valence-corrected chi connectivity index (χ0v) is 14.1. The summed E-state index contributed by atoms with van der Waals surface area (Å²) in [5, 5.41) is 0. The molecular weight excluding hydrogens is 324 g/mol. The molecule has 0 saturated carbocycles. The van der Waals surface area contributed by atoms with E-state index in [1.54, 1.807) is 37.5 Å². The van der Waals surface area contributed by atoms with E-state index in [1.807, 2.05) is 6.92 Å². The Morgan fingerprint density at radius 3 is 2.72 bits per heavy atom. The van der Waals surface area contributed by atoms with Crippen LogP contribution in [0.3, 0.4) is 0 Å². The molecule has 0 aliphatic rings. The highest BCUT2D eigenvalue weighted by Gasteiger charge is 2.08. The molecule has 0 saturated heterocycles. The number of benzene rings is 1. The predicted octanol–water partition coefficient (Wildman–Crippen LogP) is 2.55. The van der Waals surface area contributed by atoms with Crippen molar-refractivity contribution in [1.82, 2.24) is 10.9 Å². The van der Waals surface area contributed by atoms with E-state index in [2.05, 4.69) is 10.9 Å². The van der Waals surface area contributed by atoms with E-state index in [1.165, 1.54) is 18.4 Å². The molecule has 2 rings (SSSR count). The molecule has 0 unspecified atom stereocenters. The van der Waals surface area contributed by atoms with Crippen molar-refractivity contribution in [2.45, 2.75) is 13.3 Å². The standard InChI is InChI=1S/C18H20N2O5/c1-3-10-24-14-8-6-13(12-16(14)23-2)7-9-17(21)19-20-18(22)15-5-4-11-25-15/h4-9,11-12H,3,10H2,1-2H3,(H,19,21)(H,20,22)/b9-7+. The largest absolute Gasteiger partial charge is 0.493 e. The molecule has 0 fully saturated rings. The number of carbonyl (C=O) groups excluding carboxylic acids is 2. The van der Waals surface area contributed by atoms with Gasteiger partial charge in [0, 0.05) is 6.08 Å². The number of ether oxygens (including phenoxy) is 2. The van der Waals surface area contributed by atoms with Gasteiger partial charge in [-0.05, 0) is 42.3 Å². The molecule has 132 valence electrons. The maximum Gasteiger partial charge on any atom is 0.305 e. The number of hydrogen-bond donors (Lipinski definition) is 2. The monoisotopic (exact) mass is 344 g/mol. The molecule has 0 atom stereocenters. The number of hydrazine groups is 1. The van der Waals surface area contributed by atoms with Crippen LogP contribution in [0.25, 0.3) is 6.08 Å². The molecule has 2 aromatic rings. The van der Waals surface area contributed by atoms with Crippen LogP contribution in [-0.4, -0.2) is 25.5 Å². The van der Waals surface area contributed by atoms with Crippen LogP contribution in [0.15, 0.2) is 47.1 Å². The van der Waals surface area contributed by atoms with Gasteiger partial charge in [0.05, 0.1) is 20.0 Å². The topological polar surface area (TPSA) is 89.8 Å². The lowest BCUT2D eigenvalue weighted by Gasteiger charge is -2.10. The van der Waals surface area contributed by atoms with Crippen LogP contribution in [0.2, 0.25) is 0 Å². The van der Waals surface area contributed by atoms with Gasteiger partial charge in [0.2, 0.25) is 0 Å². The quantitative estimate of drug-likeness (QED) is 0.595. The maximum absolute atomic E-state index is 11.8. The summed E-state index contributed by atoms with van der Waals surface area (Å²) < 4.78 is 15.8. The van der Waals surface area contributed by atoms with Gasteiger partial charge >= 0.3 is 5.91 Å². The second kappa shape index (κ2) is 9.17. The summed E-state index contributed by atoms with van der Waals surface area (Å²) >= 11 is 0. The second-order valence-electron chi connectivity index (χ2n) is 5.01. The van der Waals surface area contributed by atoms with Gasteiger partial charge in [-0.15, -0.1) is 0 Å². The Morgan fingerprint density at radius 2 is 2.04 bits per heavy atom. The normalized spacial score (nSPS) is 10.5. The number of nitrogens with one attached hydrogen (secondary N) is 2. The van der Waals surface area contributed by atoms with Gasteiger partial charge in [-0.3, -0.25) is 20.4 Å². The van der Waals surface area contributed by atoms with E-state index in [9.17, 15) is 9.59 Å². The van der Waals surface area contributed by atoms with E-state index in [4.69, 9.17) is 13.9 Å². The summed E-state index contributed by atoms with van der Waals surface area (Å²) in [5.41, 5.74) is 5.27. The highest BCUT2D eigenvalue weighted by molar-refractivity contribution is 5.96. The Bertz CT molecular complexity index is 738. The molecule has 1 heterocycles. The fraction of sp³-hybridized carbons (Fsp3) is 0.222. The minimum Gasteiger partial charge on any atom is -0.493 e. The van der Waals surface area contributed by atoms with E-state index >= 15 is 0 Å². The Balaban J connectivity index is 1.91. The molecule has 7 nitrogen and oxygen atoms in total. The summed E-state index contributed by atoms with van der Waals surface area (Å²) in [6.07, 6.45) is 5.16. The molecule has 0 bridgehead atoms. The van der Waals surface area contributed by atoms with E-state index < -0.39 is 11.8 Å². The summed E-state index contributed by atoms with van der Waals surface area (Å²) in [4.78, 5) is 23.4. The van der Waals surface area contributed by atoms with E-state index in [0.717, 1.165) is 12.0 Å². The number of hydrogen-bond acceptors (Lipinski definition) is 5. The van der Waals surface area contributed by atoms with Crippen molar-refractivity contribution in [3.63, 3.8) is 0 Å². The summed E-state index contributed by atoms with van der Waals surface area (Å²) in [6, 6.07) is 8.42. The molecule has 7 heteroatoms. The smallest absolute Gasteiger partial charge is 0.305 e. The third-order valence-electron chi connectivity index (χ3n) is 3.12. The van der Waals surface area contributed by atoms with Crippen LogP contribution in [0.4, 0.5) is 0 Å². The third kappa shape index (κ3) is 5.42. The van der Waals surface area contributed by atoms with Crippen molar-refractivity contribution in [3.05, 3.63) is 54.0 Å². The number of amides is 2. The van der Waals surface area contributed by atoms with E-state index in [0.29, 0.717) is 18.1 Å². The van der Waals surface area contributed by atoms with Crippen LogP contribution in [-0.2, 0) is 4.79 Å². The minimum absolute atomic E-state index is 0.108. The first-order valence-corrected chi connectivity index (χ1v) is 7.76. The lowest BCUT2D eigenvalue weighted by Crippen LogP contribution is -2.40. The van der Waals surface area contributed by atoms with Crippen molar-refractivity contribution in [3.8, 4) is 11.5 Å². The lowest BCUT2D eigenvalue weighted by molar-refractivity contribution is -0.117. The predicted molar refractivity (Wildman–Crippen MR) is 92.1 cm³/mol. The van der Waals surface area contributed by atoms with Crippen LogP contribution in [0.5, 0.6) is 11.5 Å². The first-order chi connectivity index (χ1) is 12.1. The number of methoxy groups -OCH3 is 1. The highest BCUT2D eigenvalue weighted by atomic mass is 16.5. The van der Waals surface area contributed by atoms with Crippen molar-refractivity contribution >= 4 is 17.9 Å². The molecular formula is C18H20N2O5. The number of carbonyl (C=O) groups is 2. The van der Waals surface area contributed by atoms with Crippen molar-refractivity contribution in [1.29, 1.82) is 0 Å². The van der Waals surface area contributed by atoms with Crippen molar-refractivity contribution in [2.24, 2.45) is 0 Å². The van der Waals surface area contributed by atoms with Gasteiger partial charge in [0.15, 0.2) is 17.3 Å². The van der Waals surface area contributed by atoms with Gasteiger partial charge in [-0.25, -0.2) is 0 Å². The van der Waals surface area contributed by atoms with Crippen molar-refractivity contribution in [2.75, 3.05) is 13.7 Å². The number of furan rings is 1. The fourth-order valence-electron chi connectivity index (χ4n) is 1.92. The summed E-state index contributed by atoms with van der Waals surface area (Å²) in [6.45, 7) is 2.62. The molecule has 0 radical (unpaired) electrons. The molecule has 1 aromatic carbocycles. The van der Waals surface area contributed by atoms with Gasteiger partial charge < -0.3 is 13.9 Å². The van der Waals surface area contributed by atoms with Gasteiger partial charge in [0.1, 0.15) is 0 Å². The first kappa shape index (κ1) is 18.1. The van der Waals surface area contributed by atoms with Gasteiger partial charge in [-0.1, -0.05) is 13.0 Å². The van der Waals surface area contributed by atoms with Crippen LogP contribution in [0.1, 0.15) is 29.5 Å². The first-order valence-electron chi connectivity index (χ1n) is 7.76. The lowest BCUT2D eigenvalue weighted by atomic mass is 10.2. The van der Waals surface area contributed by atoms with Crippen LogP contribution >= 0.6 is 0 Å². The fourth-order valence-corrected chi connectivity index (χ4v) is 1.92. The Labute approximate surface area is 145 Å². The van der Waals surface area contributed by atoms with E-state index in [-0.39, 0.29) is 5.76 Å². The van der Waals surface area contributed by atoms with Crippen LogP contribution in [0, 0.1) is 0 Å². The molecule has 0 spiro atoms. The zero-order chi connectivity index (χ0) is 18.1. The average Bonchev–Trinajstić information content (AvgIpc) is 3.17. The minimum atomic E-state index is -0.536. The SMILES string of the molecule is CCCOc1ccc(/C=C/C(=O)NNC(=O)c2ccco2)cc1OC. The van der Waals surface area contributed by atoms with Gasteiger partial charge in [-0.2, -0.15) is 0 Å². The van der Waals surface area contributed by atoms with Crippen molar-refractivity contribution < 1.29 is 23.5 Å². The maximum atomic E-state index is 11.8. The van der Waals surface area contributed by atoms with Gasteiger partial charge in [0.25, 0.3) is 5.91 Å².